The van der Waals surface area contributed by atoms with Crippen molar-refractivity contribution >= 4 is 17.5 Å². The predicted octanol–water partition coefficient (Wildman–Crippen LogP) is 1.30. The number of carboxylic acids is 1. The van der Waals surface area contributed by atoms with Crippen LogP contribution in [-0.2, 0) is 4.74 Å². The molecular weight excluding hydrogens is 266 g/mol. The van der Waals surface area contributed by atoms with Gasteiger partial charge in [0.2, 0.25) is 5.82 Å². The first-order chi connectivity index (χ1) is 9.40. The van der Waals surface area contributed by atoms with E-state index in [1.54, 1.807) is 4.90 Å². The number of morpholine rings is 1. The number of aromatic nitrogens is 1. The van der Waals surface area contributed by atoms with Crippen LogP contribution < -0.4 is 4.90 Å². The summed E-state index contributed by atoms with van der Waals surface area (Å²) in [6.07, 6.45) is -0.0962. The average Bonchev–Trinajstić information content (AvgIpc) is 2.40. The Hall–Kier alpha value is -2.22. The molecule has 1 saturated heterocycles. The molecule has 8 heteroatoms. The number of aromatic carboxylic acids is 1. The summed E-state index contributed by atoms with van der Waals surface area (Å²) < 4.78 is 5.46. The van der Waals surface area contributed by atoms with Crippen LogP contribution in [0, 0.1) is 10.1 Å². The predicted molar refractivity (Wildman–Crippen MR) is 70.1 cm³/mol. The molecule has 2 rings (SSSR count). The molecule has 0 bridgehead atoms. The van der Waals surface area contributed by atoms with E-state index in [4.69, 9.17) is 9.84 Å². The first-order valence-electron chi connectivity index (χ1n) is 6.17. The summed E-state index contributed by atoms with van der Waals surface area (Å²) in [6, 6.07) is 2.21. The highest BCUT2D eigenvalue weighted by atomic mass is 16.6. The van der Waals surface area contributed by atoms with Gasteiger partial charge in [0.25, 0.3) is 0 Å². The maximum Gasteiger partial charge on any atom is 0.354 e. The molecule has 1 aliphatic heterocycles. The van der Waals surface area contributed by atoms with E-state index in [9.17, 15) is 14.9 Å². The van der Waals surface area contributed by atoms with Crippen molar-refractivity contribution in [1.82, 2.24) is 4.98 Å². The number of pyridine rings is 1. The molecule has 2 atom stereocenters. The molecule has 1 aromatic heterocycles. The quantitative estimate of drug-likeness (QED) is 0.657. The van der Waals surface area contributed by atoms with Crippen molar-refractivity contribution in [3.05, 3.63) is 27.9 Å². The number of hydrogen-bond donors (Lipinski definition) is 1. The van der Waals surface area contributed by atoms with E-state index < -0.39 is 10.9 Å². The van der Waals surface area contributed by atoms with Crippen molar-refractivity contribution < 1.29 is 19.6 Å². The monoisotopic (exact) mass is 281 g/mol. The summed E-state index contributed by atoms with van der Waals surface area (Å²) in [5.74, 6) is -1.13. The molecule has 108 valence electrons. The number of ether oxygens (including phenoxy) is 1. The van der Waals surface area contributed by atoms with Gasteiger partial charge < -0.3 is 14.7 Å². The second-order valence-corrected chi connectivity index (χ2v) is 4.75. The van der Waals surface area contributed by atoms with Gasteiger partial charge in [0.05, 0.1) is 23.7 Å². The fraction of sp³-hybridized carbons (Fsp3) is 0.500. The zero-order valence-corrected chi connectivity index (χ0v) is 11.1. The highest BCUT2D eigenvalue weighted by Gasteiger charge is 2.31. The maximum absolute atomic E-state index is 11.1. The molecule has 0 spiro atoms. The van der Waals surface area contributed by atoms with Crippen LogP contribution in [0.5, 0.6) is 0 Å². The number of rotatable bonds is 3. The molecule has 0 saturated carbocycles. The summed E-state index contributed by atoms with van der Waals surface area (Å²) in [5, 5.41) is 20.1. The van der Waals surface area contributed by atoms with Crippen molar-refractivity contribution in [1.29, 1.82) is 0 Å². The van der Waals surface area contributed by atoms with Gasteiger partial charge in [0, 0.05) is 12.6 Å². The van der Waals surface area contributed by atoms with Gasteiger partial charge in [-0.3, -0.25) is 10.1 Å². The molecule has 2 unspecified atom stereocenters. The van der Waals surface area contributed by atoms with E-state index >= 15 is 0 Å². The third kappa shape index (κ3) is 2.69. The Morgan fingerprint density at radius 2 is 2.25 bits per heavy atom. The fourth-order valence-corrected chi connectivity index (χ4v) is 2.11. The van der Waals surface area contributed by atoms with Crippen LogP contribution in [0.3, 0.4) is 0 Å². The minimum Gasteiger partial charge on any atom is -0.477 e. The lowest BCUT2D eigenvalue weighted by molar-refractivity contribution is -0.384. The normalized spacial score (nSPS) is 22.6. The summed E-state index contributed by atoms with van der Waals surface area (Å²) in [7, 11) is 0. The largest absolute Gasteiger partial charge is 0.477 e. The standard InChI is InChI=1S/C12H15N3O5/c1-7-6-20-8(2)5-14(7)11-10(15(18)19)4-3-9(13-11)12(16)17/h3-4,7-8H,5-6H2,1-2H3,(H,16,17). The van der Waals surface area contributed by atoms with Gasteiger partial charge in [0.1, 0.15) is 0 Å². The molecule has 0 radical (unpaired) electrons. The van der Waals surface area contributed by atoms with Crippen LogP contribution in [0.4, 0.5) is 11.5 Å². The van der Waals surface area contributed by atoms with E-state index in [0.717, 1.165) is 6.07 Å². The first-order valence-corrected chi connectivity index (χ1v) is 6.17. The SMILES string of the molecule is CC1CN(c2nc(C(=O)O)ccc2[N+](=O)[O-])C(C)CO1. The maximum atomic E-state index is 11.1. The fourth-order valence-electron chi connectivity index (χ4n) is 2.11. The zero-order valence-electron chi connectivity index (χ0n) is 11.1. The molecule has 0 amide bonds. The average molecular weight is 281 g/mol. The van der Waals surface area contributed by atoms with Gasteiger partial charge in [-0.2, -0.15) is 0 Å². The molecule has 0 aromatic carbocycles. The number of nitro groups is 1. The Morgan fingerprint density at radius 3 is 2.85 bits per heavy atom. The van der Waals surface area contributed by atoms with Gasteiger partial charge >= 0.3 is 11.7 Å². The van der Waals surface area contributed by atoms with Crippen LogP contribution in [-0.4, -0.2) is 46.3 Å². The number of carboxylic acid groups (broad SMARTS) is 1. The van der Waals surface area contributed by atoms with E-state index in [1.807, 2.05) is 13.8 Å². The molecule has 8 nitrogen and oxygen atoms in total. The van der Waals surface area contributed by atoms with Crippen LogP contribution in [0.1, 0.15) is 24.3 Å². The van der Waals surface area contributed by atoms with E-state index in [1.165, 1.54) is 6.07 Å². The smallest absolute Gasteiger partial charge is 0.354 e. The topological polar surface area (TPSA) is 106 Å². The van der Waals surface area contributed by atoms with Crippen LogP contribution in [0.25, 0.3) is 0 Å². The van der Waals surface area contributed by atoms with Gasteiger partial charge in [-0.05, 0) is 19.9 Å². The Bertz CT molecular complexity index is 548. The van der Waals surface area contributed by atoms with Crippen molar-refractivity contribution in [2.75, 3.05) is 18.1 Å². The Morgan fingerprint density at radius 1 is 1.55 bits per heavy atom. The van der Waals surface area contributed by atoms with Crippen molar-refractivity contribution in [3.8, 4) is 0 Å². The molecule has 0 aliphatic carbocycles. The van der Waals surface area contributed by atoms with Crippen molar-refractivity contribution in [3.63, 3.8) is 0 Å². The number of hydrogen-bond acceptors (Lipinski definition) is 6. The minimum absolute atomic E-state index is 0.0811. The van der Waals surface area contributed by atoms with Crippen LogP contribution >= 0.6 is 0 Å². The highest BCUT2D eigenvalue weighted by molar-refractivity contribution is 5.86. The molecule has 1 aliphatic rings. The molecular formula is C12H15N3O5. The Balaban J connectivity index is 2.48. The summed E-state index contributed by atoms with van der Waals surface area (Å²) in [5.41, 5.74) is -0.409. The lowest BCUT2D eigenvalue weighted by atomic mass is 10.2. The van der Waals surface area contributed by atoms with E-state index in [2.05, 4.69) is 4.98 Å². The summed E-state index contributed by atoms with van der Waals surface area (Å²) in [6.45, 7) is 4.55. The number of carbonyl (C=O) groups is 1. The van der Waals surface area contributed by atoms with Gasteiger partial charge in [-0.15, -0.1) is 0 Å². The van der Waals surface area contributed by atoms with Gasteiger partial charge in [-0.1, -0.05) is 0 Å². The van der Waals surface area contributed by atoms with Crippen molar-refractivity contribution in [2.24, 2.45) is 0 Å². The molecule has 20 heavy (non-hydrogen) atoms. The van der Waals surface area contributed by atoms with Gasteiger partial charge in [0.15, 0.2) is 5.69 Å². The molecule has 1 fully saturated rings. The third-order valence-electron chi connectivity index (χ3n) is 3.15. The molecule has 1 aromatic rings. The highest BCUT2D eigenvalue weighted by Crippen LogP contribution is 2.29. The lowest BCUT2D eigenvalue weighted by Crippen LogP contribution is -2.48. The number of anilines is 1. The minimum atomic E-state index is -1.21. The second-order valence-electron chi connectivity index (χ2n) is 4.75. The van der Waals surface area contributed by atoms with Gasteiger partial charge in [-0.25, -0.2) is 9.78 Å². The first kappa shape index (κ1) is 14.2. The summed E-state index contributed by atoms with van der Waals surface area (Å²) >= 11 is 0. The van der Waals surface area contributed by atoms with Crippen LogP contribution in [0.15, 0.2) is 12.1 Å². The molecule has 2 heterocycles. The van der Waals surface area contributed by atoms with E-state index in [-0.39, 0.29) is 29.3 Å². The van der Waals surface area contributed by atoms with Crippen molar-refractivity contribution in [2.45, 2.75) is 26.0 Å². The second kappa shape index (κ2) is 5.41. The zero-order chi connectivity index (χ0) is 14.9. The van der Waals surface area contributed by atoms with E-state index in [0.29, 0.717) is 13.2 Å². The lowest BCUT2D eigenvalue weighted by Gasteiger charge is -2.37. The summed E-state index contributed by atoms with van der Waals surface area (Å²) in [4.78, 5) is 27.2. The Kier molecular flexibility index (Phi) is 3.84. The Labute approximate surface area is 115 Å². The molecule has 1 N–H and O–H groups in total. The third-order valence-corrected chi connectivity index (χ3v) is 3.15. The van der Waals surface area contributed by atoms with Crippen LogP contribution in [0.2, 0.25) is 0 Å². The number of nitrogens with zero attached hydrogens (tertiary/aromatic N) is 3.